The first kappa shape index (κ1) is 29.4. The zero-order valence-corrected chi connectivity index (χ0v) is 29.4. The van der Waals surface area contributed by atoms with Gasteiger partial charge in [0.1, 0.15) is 0 Å². The van der Waals surface area contributed by atoms with E-state index in [1.54, 1.807) is 0 Å². The van der Waals surface area contributed by atoms with Crippen LogP contribution < -0.4 is 0 Å². The Bertz CT molecular complexity index is 3190. The molecule has 2 nitrogen and oxygen atoms in total. The lowest BCUT2D eigenvalue weighted by Crippen LogP contribution is -1.96. The molecule has 0 atom stereocenters. The molecule has 0 aliphatic heterocycles. The van der Waals surface area contributed by atoms with Gasteiger partial charge in [-0.1, -0.05) is 158 Å². The van der Waals surface area contributed by atoms with E-state index in [2.05, 4.69) is 203 Å². The summed E-state index contributed by atoms with van der Waals surface area (Å²) in [6.07, 6.45) is 0. The van der Waals surface area contributed by atoms with Gasteiger partial charge in [0.25, 0.3) is 0 Å². The van der Waals surface area contributed by atoms with Gasteiger partial charge in [-0.2, -0.15) is 0 Å². The van der Waals surface area contributed by atoms with E-state index in [1.165, 1.54) is 110 Å². The molecule has 0 radical (unpaired) electrons. The van der Waals surface area contributed by atoms with E-state index in [0.717, 1.165) is 0 Å². The Morgan fingerprint density at radius 1 is 0.241 bits per heavy atom. The highest BCUT2D eigenvalue weighted by molar-refractivity contribution is 6.29. The lowest BCUT2D eigenvalue weighted by Gasteiger charge is -2.18. The topological polar surface area (TPSA) is 9.86 Å². The van der Waals surface area contributed by atoms with E-state index in [-0.39, 0.29) is 0 Å². The molecule has 0 fully saturated rings. The minimum atomic E-state index is 1.17. The van der Waals surface area contributed by atoms with Crippen molar-refractivity contribution in [3.8, 4) is 33.6 Å². The fourth-order valence-electron chi connectivity index (χ4n) is 9.43. The van der Waals surface area contributed by atoms with Crippen molar-refractivity contribution < 1.29 is 0 Å². The monoisotopic (exact) mass is 684 g/mol. The Morgan fingerprint density at radius 2 is 0.630 bits per heavy atom. The van der Waals surface area contributed by atoms with Gasteiger partial charge in [-0.25, -0.2) is 0 Å². The SMILES string of the molecule is c1ccc(-n2c3ccccc3c3cccc(-c4ccc5ccc6c(-c7cccc8c9ccccc9n(-c9ccccc9)c78)ccc7ccc4c5c76)c32)cc1. The van der Waals surface area contributed by atoms with Crippen molar-refractivity contribution in [2.45, 2.75) is 0 Å². The van der Waals surface area contributed by atoms with Crippen LogP contribution >= 0.6 is 0 Å². The molecule has 0 aliphatic rings. The third-order valence-electron chi connectivity index (χ3n) is 11.7. The van der Waals surface area contributed by atoms with E-state index in [9.17, 15) is 0 Å². The van der Waals surface area contributed by atoms with E-state index in [4.69, 9.17) is 0 Å². The number of rotatable bonds is 4. The number of aromatic nitrogens is 2. The van der Waals surface area contributed by atoms with Crippen molar-refractivity contribution >= 4 is 75.9 Å². The van der Waals surface area contributed by atoms with Crippen molar-refractivity contribution in [2.75, 3.05) is 0 Å². The Balaban J connectivity index is 1.17. The van der Waals surface area contributed by atoms with E-state index in [0.29, 0.717) is 0 Å². The number of hydrogen-bond donors (Lipinski definition) is 0. The summed E-state index contributed by atoms with van der Waals surface area (Å²) in [6.45, 7) is 0. The van der Waals surface area contributed by atoms with Gasteiger partial charge in [0, 0.05) is 44.0 Å². The fourth-order valence-corrected chi connectivity index (χ4v) is 9.43. The zero-order chi connectivity index (χ0) is 35.3. The Kier molecular flexibility index (Phi) is 6.09. The average molecular weight is 685 g/mol. The van der Waals surface area contributed by atoms with Crippen molar-refractivity contribution in [3.05, 3.63) is 194 Å². The van der Waals surface area contributed by atoms with Gasteiger partial charge in [-0.15, -0.1) is 0 Å². The van der Waals surface area contributed by atoms with Gasteiger partial charge in [0.2, 0.25) is 0 Å². The molecule has 12 rings (SSSR count). The molecular formula is C52H32N2. The first-order valence-electron chi connectivity index (χ1n) is 18.7. The van der Waals surface area contributed by atoms with Crippen LogP contribution in [0.4, 0.5) is 0 Å². The van der Waals surface area contributed by atoms with Crippen LogP contribution in [-0.4, -0.2) is 9.13 Å². The normalized spacial score (nSPS) is 12.1. The van der Waals surface area contributed by atoms with Crippen LogP contribution in [0.5, 0.6) is 0 Å². The summed E-state index contributed by atoms with van der Waals surface area (Å²) in [7, 11) is 0. The highest BCUT2D eigenvalue weighted by Gasteiger charge is 2.22. The number of nitrogens with zero attached hydrogens (tertiary/aromatic N) is 2. The number of benzene rings is 10. The molecule has 0 saturated heterocycles. The van der Waals surface area contributed by atoms with Crippen LogP contribution in [0.3, 0.4) is 0 Å². The van der Waals surface area contributed by atoms with E-state index in [1.807, 2.05) is 0 Å². The first-order valence-corrected chi connectivity index (χ1v) is 18.7. The summed E-state index contributed by atoms with van der Waals surface area (Å²) >= 11 is 0. The highest BCUT2D eigenvalue weighted by Crippen LogP contribution is 2.47. The highest BCUT2D eigenvalue weighted by atomic mass is 15.0. The van der Waals surface area contributed by atoms with Gasteiger partial charge in [-0.3, -0.25) is 0 Å². The van der Waals surface area contributed by atoms with Crippen molar-refractivity contribution in [2.24, 2.45) is 0 Å². The van der Waals surface area contributed by atoms with Crippen LogP contribution in [0.15, 0.2) is 194 Å². The molecule has 10 aromatic carbocycles. The lowest BCUT2D eigenvalue weighted by molar-refractivity contribution is 1.18. The minimum Gasteiger partial charge on any atom is -0.309 e. The molecule has 0 N–H and O–H groups in total. The van der Waals surface area contributed by atoms with Crippen LogP contribution in [0, 0.1) is 0 Å². The number of hydrogen-bond acceptors (Lipinski definition) is 0. The third-order valence-corrected chi connectivity index (χ3v) is 11.7. The van der Waals surface area contributed by atoms with Crippen LogP contribution in [0.1, 0.15) is 0 Å². The molecule has 0 bridgehead atoms. The molecule has 2 heteroatoms. The molecule has 0 aliphatic carbocycles. The molecule has 2 aromatic heterocycles. The Hall–Kier alpha value is -7.16. The van der Waals surface area contributed by atoms with Crippen LogP contribution in [-0.2, 0) is 0 Å². The number of fused-ring (bicyclic) bond motifs is 6. The molecule has 2 heterocycles. The maximum Gasteiger partial charge on any atom is 0.0619 e. The largest absolute Gasteiger partial charge is 0.309 e. The molecule has 0 spiro atoms. The average Bonchev–Trinajstić information content (AvgIpc) is 3.77. The smallest absolute Gasteiger partial charge is 0.0619 e. The summed E-state index contributed by atoms with van der Waals surface area (Å²) in [5.74, 6) is 0. The maximum absolute atomic E-state index is 2.45. The fraction of sp³-hybridized carbons (Fsp3) is 0. The summed E-state index contributed by atoms with van der Waals surface area (Å²) in [5, 5.41) is 12.8. The van der Waals surface area contributed by atoms with Gasteiger partial charge in [-0.05, 0) is 79.8 Å². The van der Waals surface area contributed by atoms with Gasteiger partial charge < -0.3 is 9.13 Å². The Labute approximate surface area is 311 Å². The predicted octanol–water partition coefficient (Wildman–Crippen LogP) is 14.1. The molecule has 0 saturated carbocycles. The summed E-state index contributed by atoms with van der Waals surface area (Å²) in [4.78, 5) is 0. The zero-order valence-electron chi connectivity index (χ0n) is 29.4. The molecule has 0 unspecified atom stereocenters. The maximum atomic E-state index is 2.45. The van der Waals surface area contributed by atoms with E-state index < -0.39 is 0 Å². The second-order valence-corrected chi connectivity index (χ2v) is 14.4. The third kappa shape index (κ3) is 4.00. The van der Waals surface area contributed by atoms with E-state index >= 15 is 0 Å². The summed E-state index contributed by atoms with van der Waals surface area (Å²) < 4.78 is 4.89. The summed E-state index contributed by atoms with van der Waals surface area (Å²) in [5.41, 5.74) is 12.2. The summed E-state index contributed by atoms with van der Waals surface area (Å²) in [6, 6.07) is 71.4. The van der Waals surface area contributed by atoms with Crippen molar-refractivity contribution in [1.82, 2.24) is 9.13 Å². The molecular weight excluding hydrogens is 653 g/mol. The Morgan fingerprint density at radius 3 is 1.09 bits per heavy atom. The first-order chi connectivity index (χ1) is 26.8. The van der Waals surface area contributed by atoms with Gasteiger partial charge in [0.05, 0.1) is 22.1 Å². The molecule has 0 amide bonds. The van der Waals surface area contributed by atoms with Gasteiger partial charge >= 0.3 is 0 Å². The van der Waals surface area contributed by atoms with Crippen LogP contribution in [0.25, 0.3) is 110 Å². The second kappa shape index (κ2) is 11.2. The standard InChI is InChI=1S/C52H32N2/c1-3-13-35(14-4-1)53-47-23-9-7-17-39(47)45-21-11-19-43(51(45)53)37-29-25-33-28-32-42-38(30-26-34-27-31-41(37)49(33)50(34)42)44-20-12-22-46-40-18-8-10-24-48(40)54(52(44)46)36-15-5-2-6-16-36/h1-32H. The molecule has 12 aromatic rings. The van der Waals surface area contributed by atoms with Crippen molar-refractivity contribution in [3.63, 3.8) is 0 Å². The van der Waals surface area contributed by atoms with Crippen molar-refractivity contribution in [1.29, 1.82) is 0 Å². The minimum absolute atomic E-state index is 1.17. The van der Waals surface area contributed by atoms with Gasteiger partial charge in [0.15, 0.2) is 0 Å². The second-order valence-electron chi connectivity index (χ2n) is 14.4. The number of para-hydroxylation sites is 6. The van der Waals surface area contributed by atoms with Crippen LogP contribution in [0.2, 0.25) is 0 Å². The molecule has 250 valence electrons. The molecule has 54 heavy (non-hydrogen) atoms. The lowest BCUT2D eigenvalue weighted by atomic mass is 9.86. The quantitative estimate of drug-likeness (QED) is 0.163. The predicted molar refractivity (Wildman–Crippen MR) is 230 cm³/mol.